The summed E-state index contributed by atoms with van der Waals surface area (Å²) in [5.41, 5.74) is 11.7. The highest BCUT2D eigenvalue weighted by atomic mass is 16.6. The van der Waals surface area contributed by atoms with E-state index in [-0.39, 0.29) is 93.5 Å². The lowest BCUT2D eigenvalue weighted by atomic mass is 10.0. The zero-order valence-electron chi connectivity index (χ0n) is 49.5. The first-order valence-corrected chi connectivity index (χ1v) is 28.7. The molecule has 0 bridgehead atoms. The topological polar surface area (TPSA) is 293 Å². The van der Waals surface area contributed by atoms with Crippen LogP contribution in [0, 0.1) is 0 Å². The molecule has 0 saturated carbocycles. The number of furan rings is 2. The van der Waals surface area contributed by atoms with Crippen molar-refractivity contribution < 1.29 is 66.1 Å². The highest BCUT2D eigenvalue weighted by Gasteiger charge is 2.34. The number of ketones is 3. The lowest BCUT2D eigenvalue weighted by molar-refractivity contribution is -0.154. The summed E-state index contributed by atoms with van der Waals surface area (Å²) in [5, 5.41) is 4.28. The summed E-state index contributed by atoms with van der Waals surface area (Å²) >= 11 is 0. The Kier molecular flexibility index (Phi) is 20.0. The van der Waals surface area contributed by atoms with Crippen molar-refractivity contribution in [2.24, 2.45) is 5.11 Å². The van der Waals surface area contributed by atoms with E-state index < -0.39 is 29.0 Å². The molecule has 8 aromatic rings. The number of ether oxygens (including phenoxy) is 4. The second kappa shape index (κ2) is 28.3. The van der Waals surface area contributed by atoms with Crippen molar-refractivity contribution in [2.75, 3.05) is 86.3 Å². The van der Waals surface area contributed by atoms with E-state index in [1.807, 2.05) is 51.1 Å². The monoisotopic (exact) mass is 1200 g/mol. The molecule has 4 aromatic heterocycles. The van der Waals surface area contributed by atoms with E-state index in [2.05, 4.69) is 20.0 Å². The van der Waals surface area contributed by atoms with E-state index in [1.165, 1.54) is 36.4 Å². The van der Waals surface area contributed by atoms with Crippen LogP contribution in [-0.2, 0) is 41.5 Å². The molecule has 2 aliphatic rings. The number of aromatic nitrogens is 2. The van der Waals surface area contributed by atoms with Gasteiger partial charge in [0.1, 0.15) is 46.7 Å². The maximum Gasteiger partial charge on any atom is 0.306 e. The van der Waals surface area contributed by atoms with Gasteiger partial charge >= 0.3 is 5.97 Å². The van der Waals surface area contributed by atoms with Gasteiger partial charge in [0.2, 0.25) is 0 Å². The minimum absolute atomic E-state index is 0.0763. The van der Waals surface area contributed by atoms with E-state index in [0.717, 1.165) is 0 Å². The van der Waals surface area contributed by atoms with Gasteiger partial charge in [-0.25, -0.2) is 0 Å². The normalized spacial score (nSPS) is 13.3. The van der Waals surface area contributed by atoms with E-state index in [0.29, 0.717) is 118 Å². The molecule has 0 spiro atoms. The van der Waals surface area contributed by atoms with Gasteiger partial charge in [-0.05, 0) is 99.1 Å². The quantitative estimate of drug-likeness (QED) is 0.0129. The second-order valence-electron chi connectivity index (χ2n) is 21.8. The number of fused-ring (bicyclic) bond motifs is 2. The number of piperazine rings is 2. The van der Waals surface area contributed by atoms with Crippen LogP contribution in [0.3, 0.4) is 0 Å². The predicted molar refractivity (Wildman–Crippen MR) is 324 cm³/mol. The molecule has 23 nitrogen and oxygen atoms in total. The summed E-state index contributed by atoms with van der Waals surface area (Å²) in [7, 11) is 2.99. The Bertz CT molecular complexity index is 3910. The van der Waals surface area contributed by atoms with Crippen molar-refractivity contribution in [2.45, 2.75) is 52.1 Å². The zero-order chi connectivity index (χ0) is 62.5. The number of rotatable bonds is 21. The standard InChI is InChI=1S/C33H35N3O7.C32H32N6O7/c1-33(2,3)43-27(37)15-11-22-10-13-25(42-22)23-12-14-26(41-4)28-24(20-34-29(23)28)30(38)32(40)36-18-16-35(17-19-36)31(39)21-8-6-5-7-9-21;1-43-27-12-10-24(26-11-9-23(45-26)8-7-22(39)20-44-18-13-35-36-33)29-28(27)25(19-34-29)30(40)32(42)38-16-14-37(15-17-38)31(41)21-5-3-2-4-6-21/h5-10,12-14,20,34H,11,15-19H2,1-4H3;2-6,9-12,19,34H,7-8,13-18,20H2,1H3. The van der Waals surface area contributed by atoms with Gasteiger partial charge in [0.05, 0.1) is 60.2 Å². The van der Waals surface area contributed by atoms with Crippen LogP contribution in [0.25, 0.3) is 54.9 Å². The molecule has 2 N–H and O–H groups in total. The highest BCUT2D eigenvalue weighted by Crippen LogP contribution is 2.39. The number of methoxy groups -OCH3 is 2. The fourth-order valence-corrected chi connectivity index (χ4v) is 10.4. The van der Waals surface area contributed by atoms with E-state index in [9.17, 15) is 38.4 Å². The lowest BCUT2D eigenvalue weighted by Gasteiger charge is -2.34. The zero-order valence-corrected chi connectivity index (χ0v) is 49.5. The van der Waals surface area contributed by atoms with Crippen LogP contribution < -0.4 is 9.47 Å². The Hall–Kier alpha value is -10.3. The average Bonchev–Trinajstić information content (AvgIpc) is 2.30. The number of esters is 1. The molecule has 23 heteroatoms. The first-order valence-electron chi connectivity index (χ1n) is 28.7. The smallest absolute Gasteiger partial charge is 0.306 e. The minimum Gasteiger partial charge on any atom is -0.496 e. The molecule has 88 heavy (non-hydrogen) atoms. The Labute approximate surface area is 506 Å². The fraction of sp³-hybridized carbons (Fsp3) is 0.323. The van der Waals surface area contributed by atoms with Gasteiger partial charge in [0.15, 0.2) is 5.78 Å². The van der Waals surface area contributed by atoms with E-state index in [1.54, 1.807) is 88.7 Å². The van der Waals surface area contributed by atoms with Crippen LogP contribution >= 0.6 is 0 Å². The average molecular weight is 1200 g/mol. The third-order valence-electron chi connectivity index (χ3n) is 14.8. The first-order chi connectivity index (χ1) is 42.5. The molecule has 2 saturated heterocycles. The molecule has 2 fully saturated rings. The molecule has 456 valence electrons. The van der Waals surface area contributed by atoms with Gasteiger partial charge in [-0.1, -0.05) is 41.5 Å². The number of benzene rings is 4. The Morgan fingerprint density at radius 2 is 1.00 bits per heavy atom. The van der Waals surface area contributed by atoms with Gasteiger partial charge < -0.3 is 57.3 Å². The summed E-state index contributed by atoms with van der Waals surface area (Å²) in [6.45, 7) is 8.05. The number of hydrogen-bond acceptors (Lipinski definition) is 15. The molecule has 6 heterocycles. The van der Waals surface area contributed by atoms with Crippen molar-refractivity contribution >= 4 is 68.8 Å². The molecule has 0 atom stereocenters. The van der Waals surface area contributed by atoms with Crippen LogP contribution in [0.2, 0.25) is 0 Å². The Balaban J connectivity index is 0.000000210. The first kappa shape index (κ1) is 62.3. The number of amides is 4. The van der Waals surface area contributed by atoms with Gasteiger partial charge in [0, 0.05) is 118 Å². The van der Waals surface area contributed by atoms with Gasteiger partial charge in [-0.2, -0.15) is 0 Å². The molecule has 4 aromatic carbocycles. The number of Topliss-reactive ketones (excluding diaryl/α,β-unsaturated/α-hetero) is 3. The third-order valence-corrected chi connectivity index (χ3v) is 14.8. The number of carbonyl (C=O) groups is 8. The molecule has 0 unspecified atom stereocenters. The predicted octanol–water partition coefficient (Wildman–Crippen LogP) is 9.31. The molecule has 0 aliphatic carbocycles. The number of hydrogen-bond donors (Lipinski definition) is 2. The largest absolute Gasteiger partial charge is 0.496 e. The Morgan fingerprint density at radius 3 is 1.42 bits per heavy atom. The molecular weight excluding hydrogens is 1130 g/mol. The van der Waals surface area contributed by atoms with Gasteiger partial charge in [0.25, 0.3) is 35.2 Å². The summed E-state index contributed by atoms with van der Waals surface area (Å²) in [6, 6.07) is 32.1. The van der Waals surface area contributed by atoms with Gasteiger partial charge in [-0.3, -0.25) is 38.4 Å². The molecular formula is C65H67N9O14. The number of aryl methyl sites for hydroxylation is 2. The molecule has 0 radical (unpaired) electrons. The van der Waals surface area contributed by atoms with Crippen LogP contribution in [0.1, 0.15) is 86.6 Å². The number of azide groups is 1. The van der Waals surface area contributed by atoms with Crippen molar-refractivity contribution in [1.29, 1.82) is 0 Å². The van der Waals surface area contributed by atoms with E-state index >= 15 is 0 Å². The molecule has 10 rings (SSSR count). The molecule has 4 amide bonds. The van der Waals surface area contributed by atoms with Crippen LogP contribution in [0.4, 0.5) is 0 Å². The van der Waals surface area contributed by atoms with Crippen molar-refractivity contribution in [1.82, 2.24) is 29.6 Å². The van der Waals surface area contributed by atoms with Crippen LogP contribution in [0.5, 0.6) is 11.5 Å². The maximum absolute atomic E-state index is 13.5. The number of nitrogens with one attached hydrogen (secondary N) is 2. The van der Waals surface area contributed by atoms with Crippen LogP contribution in [-0.4, -0.2) is 168 Å². The lowest BCUT2D eigenvalue weighted by Crippen LogP contribution is -2.52. The maximum atomic E-state index is 13.5. The number of nitrogens with zero attached hydrogens (tertiary/aromatic N) is 7. The fourth-order valence-electron chi connectivity index (χ4n) is 10.4. The summed E-state index contributed by atoms with van der Waals surface area (Å²) in [4.78, 5) is 119. The summed E-state index contributed by atoms with van der Waals surface area (Å²) in [5.74, 6) is -0.129. The van der Waals surface area contributed by atoms with Crippen molar-refractivity contribution in [3.05, 3.63) is 166 Å². The van der Waals surface area contributed by atoms with Gasteiger partial charge in [-0.15, -0.1) is 0 Å². The summed E-state index contributed by atoms with van der Waals surface area (Å²) < 4.78 is 33.8. The summed E-state index contributed by atoms with van der Waals surface area (Å²) in [6.07, 6.45) is 4.14. The Morgan fingerprint density at radius 1 is 0.568 bits per heavy atom. The van der Waals surface area contributed by atoms with Crippen LogP contribution in [0.15, 0.2) is 136 Å². The molecule has 2 aliphatic heterocycles. The van der Waals surface area contributed by atoms with E-state index in [4.69, 9.17) is 33.3 Å². The second-order valence-corrected chi connectivity index (χ2v) is 21.8. The number of carbonyl (C=O) groups excluding carboxylic acids is 8. The van der Waals surface area contributed by atoms with Crippen molar-refractivity contribution in [3.63, 3.8) is 0 Å². The highest BCUT2D eigenvalue weighted by molar-refractivity contribution is 6.46. The number of H-pyrrole nitrogens is 2. The SMILES string of the molecule is COc1ccc(-c2ccc(CCC(=O)COCCN=[N+]=[N-])o2)c2[nH]cc(C(=O)C(=O)N3CCN(C(=O)c4ccccc4)CC3)c12.COc1ccc(-c2ccc(CCC(=O)OC(C)(C)C)o2)c2[nH]cc(C(=O)C(=O)N3CCN(C(=O)c4ccccc4)CC3)c12. The number of aromatic amines is 2. The third kappa shape index (κ3) is 14.7. The van der Waals surface area contributed by atoms with Crippen molar-refractivity contribution in [3.8, 4) is 34.1 Å². The minimum atomic E-state index is -0.681.